The molecule has 0 saturated carbocycles. The minimum Gasteiger partial charge on any atom is -0.427 e. The molecule has 1 N–H and O–H groups in total. The quantitative estimate of drug-likeness (QED) is 0.639. The van der Waals surface area contributed by atoms with Crippen LogP contribution in [0.15, 0.2) is 24.3 Å². The Labute approximate surface area is 102 Å². The van der Waals surface area contributed by atoms with Gasteiger partial charge < -0.3 is 10.1 Å². The van der Waals surface area contributed by atoms with E-state index < -0.39 is 0 Å². The van der Waals surface area contributed by atoms with Gasteiger partial charge in [-0.1, -0.05) is 12.1 Å². The summed E-state index contributed by atoms with van der Waals surface area (Å²) in [7, 11) is 0. The van der Waals surface area contributed by atoms with Gasteiger partial charge in [-0.15, -0.1) is 0 Å². The van der Waals surface area contributed by atoms with Crippen molar-refractivity contribution in [3.8, 4) is 5.75 Å². The van der Waals surface area contributed by atoms with Crippen LogP contribution in [0.3, 0.4) is 0 Å². The Morgan fingerprint density at radius 3 is 2.59 bits per heavy atom. The fourth-order valence-electron chi connectivity index (χ4n) is 1.54. The van der Waals surface area contributed by atoms with Crippen LogP contribution in [-0.4, -0.2) is 17.9 Å². The van der Waals surface area contributed by atoms with Gasteiger partial charge in [-0.05, 0) is 31.0 Å². The molecule has 1 aromatic carbocycles. The van der Waals surface area contributed by atoms with E-state index in [1.165, 1.54) is 6.92 Å². The molecule has 1 aromatic rings. The van der Waals surface area contributed by atoms with Gasteiger partial charge >= 0.3 is 5.97 Å². The molecule has 0 spiro atoms. The molecule has 1 unspecified atom stereocenters. The van der Waals surface area contributed by atoms with Crippen molar-refractivity contribution in [3.63, 3.8) is 0 Å². The number of hydrogen-bond acceptors (Lipinski definition) is 3. The van der Waals surface area contributed by atoms with Gasteiger partial charge in [0.15, 0.2) is 0 Å². The molecule has 17 heavy (non-hydrogen) atoms. The summed E-state index contributed by atoms with van der Waals surface area (Å²) in [6.07, 6.45) is 0.673. The highest BCUT2D eigenvalue weighted by atomic mass is 16.5. The van der Waals surface area contributed by atoms with Gasteiger partial charge in [0, 0.05) is 21.2 Å². The highest BCUT2D eigenvalue weighted by Crippen LogP contribution is 2.13. The number of hydrogen-bond donors (Lipinski definition) is 1. The number of esters is 1. The highest BCUT2D eigenvalue weighted by molar-refractivity contribution is 5.73. The highest BCUT2D eigenvalue weighted by Gasteiger charge is 2.05. The molecule has 4 nitrogen and oxygen atoms in total. The molecule has 1 rings (SSSR count). The summed E-state index contributed by atoms with van der Waals surface area (Å²) >= 11 is 0. The van der Waals surface area contributed by atoms with Crippen molar-refractivity contribution in [2.45, 2.75) is 33.2 Å². The number of nitrogens with one attached hydrogen (secondary N) is 1. The van der Waals surface area contributed by atoms with E-state index in [-0.39, 0.29) is 24.8 Å². The van der Waals surface area contributed by atoms with Crippen molar-refractivity contribution in [1.82, 2.24) is 5.32 Å². The number of carbonyl (C=O) groups is 2. The van der Waals surface area contributed by atoms with E-state index >= 15 is 0 Å². The third-order valence-corrected chi connectivity index (χ3v) is 2.13. The second-order valence-corrected chi connectivity index (χ2v) is 3.91. The zero-order valence-electron chi connectivity index (χ0n) is 11.0. The van der Waals surface area contributed by atoms with Crippen molar-refractivity contribution in [1.29, 1.82) is 0 Å². The number of amides is 1. The Morgan fingerprint density at radius 2 is 2.06 bits per heavy atom. The zero-order valence-corrected chi connectivity index (χ0v) is 10.0. The Balaban J connectivity index is 2.52. The van der Waals surface area contributed by atoms with Crippen LogP contribution in [-0.2, 0) is 16.0 Å². The number of ether oxygens (including phenoxy) is 1. The first-order chi connectivity index (χ1) is 8.51. The van der Waals surface area contributed by atoms with Gasteiger partial charge in [0.05, 0.1) is 0 Å². The van der Waals surface area contributed by atoms with Gasteiger partial charge in [-0.3, -0.25) is 9.59 Å². The Kier molecular flexibility index (Phi) is 4.13. The van der Waals surface area contributed by atoms with Crippen LogP contribution < -0.4 is 10.1 Å². The van der Waals surface area contributed by atoms with Crippen LogP contribution in [0.1, 0.15) is 27.7 Å². The summed E-state index contributed by atoms with van der Waals surface area (Å²) in [5.41, 5.74) is 1.03. The first kappa shape index (κ1) is 11.6. The monoisotopic (exact) mass is 236 g/mol. The second-order valence-electron chi connectivity index (χ2n) is 3.91. The lowest BCUT2D eigenvalue weighted by atomic mass is 10.1. The van der Waals surface area contributed by atoms with Crippen molar-refractivity contribution in [3.05, 3.63) is 29.8 Å². The molecule has 4 heteroatoms. The maximum Gasteiger partial charge on any atom is 0.308 e. The summed E-state index contributed by atoms with van der Waals surface area (Å²) < 4.78 is 11.8. The summed E-state index contributed by atoms with van der Waals surface area (Å²) in [6.45, 7) is 2.98. The average molecular weight is 236 g/mol. The molecule has 0 radical (unpaired) electrons. The Hall–Kier alpha value is -1.84. The third kappa shape index (κ3) is 5.15. The molecule has 0 saturated heterocycles. The fourth-order valence-corrected chi connectivity index (χ4v) is 1.54. The zero-order chi connectivity index (χ0) is 13.5. The van der Waals surface area contributed by atoms with Crippen molar-refractivity contribution < 1.29 is 15.7 Å². The van der Waals surface area contributed by atoms with E-state index in [9.17, 15) is 9.59 Å². The maximum absolute atomic E-state index is 11.0. The lowest BCUT2D eigenvalue weighted by molar-refractivity contribution is -0.131. The molecule has 0 aliphatic carbocycles. The van der Waals surface area contributed by atoms with Gasteiger partial charge in [0.1, 0.15) is 5.75 Å². The number of carbonyl (C=O) groups excluding carboxylic acids is 2. The summed E-state index contributed by atoms with van der Waals surface area (Å²) in [5.74, 6) is -0.119. The first-order valence-electron chi connectivity index (χ1n) is 6.08. The number of rotatable bonds is 4. The molecule has 0 aromatic heterocycles. The molecular formula is C13H17NO3. The van der Waals surface area contributed by atoms with Crippen LogP contribution in [0.4, 0.5) is 0 Å². The summed E-state index contributed by atoms with van der Waals surface area (Å²) in [6, 6.07) is 7.11. The smallest absolute Gasteiger partial charge is 0.308 e. The van der Waals surface area contributed by atoms with Crippen LogP contribution >= 0.6 is 0 Å². The largest absolute Gasteiger partial charge is 0.427 e. The molecule has 0 aliphatic rings. The Bertz CT molecular complexity index is 417. The summed E-state index contributed by atoms with van der Waals surface area (Å²) in [4.78, 5) is 21.8. The van der Waals surface area contributed by atoms with Crippen LogP contribution in [0, 0.1) is 0 Å². The van der Waals surface area contributed by atoms with Gasteiger partial charge in [-0.2, -0.15) is 0 Å². The van der Waals surface area contributed by atoms with Crippen LogP contribution in [0.25, 0.3) is 0 Å². The van der Waals surface area contributed by atoms with E-state index in [0.717, 1.165) is 5.56 Å². The van der Waals surface area contributed by atoms with E-state index in [0.29, 0.717) is 12.2 Å². The predicted molar refractivity (Wildman–Crippen MR) is 64.7 cm³/mol. The van der Waals surface area contributed by atoms with Crippen molar-refractivity contribution in [2.24, 2.45) is 0 Å². The first-order valence-corrected chi connectivity index (χ1v) is 5.37. The molecule has 0 heterocycles. The molecule has 0 bridgehead atoms. The van der Waals surface area contributed by atoms with Crippen molar-refractivity contribution in [2.75, 3.05) is 0 Å². The Morgan fingerprint density at radius 1 is 1.41 bits per heavy atom. The fraction of sp³-hybridized carbons (Fsp3) is 0.385. The van der Waals surface area contributed by atoms with E-state index in [1.807, 2.05) is 19.1 Å². The predicted octanol–water partition coefficient (Wildman–Crippen LogP) is 1.68. The van der Waals surface area contributed by atoms with Gasteiger partial charge in [-0.25, -0.2) is 0 Å². The van der Waals surface area contributed by atoms with E-state index in [2.05, 4.69) is 5.32 Å². The van der Waals surface area contributed by atoms with Crippen molar-refractivity contribution >= 4 is 11.9 Å². The molecule has 92 valence electrons. The average Bonchev–Trinajstić information content (AvgIpc) is 2.30. The second kappa shape index (κ2) is 6.03. The van der Waals surface area contributed by atoms with Crippen LogP contribution in [0.2, 0.25) is 0 Å². The summed E-state index contributed by atoms with van der Waals surface area (Å²) in [5, 5.41) is 2.71. The van der Waals surface area contributed by atoms with E-state index in [1.54, 1.807) is 12.1 Å². The lowest BCUT2D eigenvalue weighted by Crippen LogP contribution is -2.31. The minimum absolute atomic E-state index is 0.0255. The lowest BCUT2D eigenvalue weighted by Gasteiger charge is -2.12. The molecular weight excluding hydrogens is 218 g/mol. The molecule has 1 amide bonds. The van der Waals surface area contributed by atoms with Gasteiger partial charge in [0.2, 0.25) is 5.91 Å². The molecule has 1 atom stereocenters. The number of benzene rings is 1. The van der Waals surface area contributed by atoms with Crippen LogP contribution in [0.5, 0.6) is 5.75 Å². The minimum atomic E-state index is -0.348. The maximum atomic E-state index is 11.0. The standard InChI is InChI=1S/C13H17NO3/c1-9(14-10(2)15)8-12-4-6-13(7-5-12)17-11(3)16/h4-7,9H,8H2,1-3H3,(H,14,15)/i2D. The van der Waals surface area contributed by atoms with Gasteiger partial charge in [0.25, 0.3) is 0 Å². The van der Waals surface area contributed by atoms with E-state index in [4.69, 9.17) is 6.11 Å². The normalized spacial score (nSPS) is 12.5. The SMILES string of the molecule is [2H]CC(=O)NC(C)Cc1ccc(OC(C)=O)cc1. The molecule has 0 aliphatic heterocycles. The molecule has 0 fully saturated rings. The topological polar surface area (TPSA) is 55.4 Å². The third-order valence-electron chi connectivity index (χ3n) is 2.13.